The van der Waals surface area contributed by atoms with Gasteiger partial charge in [0.05, 0.1) is 0 Å². The van der Waals surface area contributed by atoms with Gasteiger partial charge in [-0.2, -0.15) is 0 Å². The quantitative estimate of drug-likeness (QED) is 0.865. The average molecular weight is 232 g/mol. The van der Waals surface area contributed by atoms with E-state index in [-0.39, 0.29) is 6.04 Å². The van der Waals surface area contributed by atoms with Crippen LogP contribution >= 0.6 is 0 Å². The number of likely N-dealkylation sites (tertiary alicyclic amines) is 1. The largest absolute Gasteiger partial charge is 0.324 e. The van der Waals surface area contributed by atoms with E-state index in [2.05, 4.69) is 43.0 Å². The SMILES string of the molecule is CC(CN1CCCC1C)C(N)c1ccccc1. The molecule has 1 heterocycles. The number of nitrogens with two attached hydrogens (primary N) is 1. The van der Waals surface area contributed by atoms with Crippen LogP contribution in [0.2, 0.25) is 0 Å². The van der Waals surface area contributed by atoms with Crippen molar-refractivity contribution >= 4 is 0 Å². The summed E-state index contributed by atoms with van der Waals surface area (Å²) in [5, 5.41) is 0. The van der Waals surface area contributed by atoms with E-state index in [1.54, 1.807) is 0 Å². The third-order valence-electron chi connectivity index (χ3n) is 4.01. The Morgan fingerprint density at radius 3 is 2.65 bits per heavy atom. The highest BCUT2D eigenvalue weighted by molar-refractivity contribution is 5.19. The molecule has 1 saturated heterocycles. The van der Waals surface area contributed by atoms with Gasteiger partial charge in [-0.3, -0.25) is 0 Å². The van der Waals surface area contributed by atoms with Crippen LogP contribution in [0.4, 0.5) is 0 Å². The molecule has 0 bridgehead atoms. The van der Waals surface area contributed by atoms with Crippen LogP contribution in [0.1, 0.15) is 38.3 Å². The van der Waals surface area contributed by atoms with E-state index < -0.39 is 0 Å². The minimum Gasteiger partial charge on any atom is -0.324 e. The van der Waals surface area contributed by atoms with E-state index in [1.807, 2.05) is 6.07 Å². The van der Waals surface area contributed by atoms with Crippen molar-refractivity contribution < 1.29 is 0 Å². The number of benzene rings is 1. The fourth-order valence-electron chi connectivity index (χ4n) is 2.75. The fraction of sp³-hybridized carbons (Fsp3) is 0.600. The Balaban J connectivity index is 1.93. The lowest BCUT2D eigenvalue weighted by Crippen LogP contribution is -2.35. The molecule has 1 aliphatic rings. The fourth-order valence-corrected chi connectivity index (χ4v) is 2.75. The first kappa shape index (κ1) is 12.6. The van der Waals surface area contributed by atoms with Crippen LogP contribution in [-0.2, 0) is 0 Å². The molecule has 0 spiro atoms. The highest BCUT2D eigenvalue weighted by Gasteiger charge is 2.24. The van der Waals surface area contributed by atoms with Crippen LogP contribution in [0.3, 0.4) is 0 Å². The van der Waals surface area contributed by atoms with Crippen molar-refractivity contribution in [3.63, 3.8) is 0 Å². The van der Waals surface area contributed by atoms with Crippen molar-refractivity contribution in [1.29, 1.82) is 0 Å². The molecule has 1 aromatic carbocycles. The van der Waals surface area contributed by atoms with E-state index in [0.29, 0.717) is 5.92 Å². The summed E-state index contributed by atoms with van der Waals surface area (Å²) < 4.78 is 0. The third-order valence-corrected chi connectivity index (χ3v) is 4.01. The highest BCUT2D eigenvalue weighted by atomic mass is 15.2. The summed E-state index contributed by atoms with van der Waals surface area (Å²) in [6.07, 6.45) is 2.68. The molecule has 0 radical (unpaired) electrons. The lowest BCUT2D eigenvalue weighted by atomic mass is 9.95. The van der Waals surface area contributed by atoms with Crippen LogP contribution in [0.5, 0.6) is 0 Å². The van der Waals surface area contributed by atoms with Crippen LogP contribution in [0, 0.1) is 5.92 Å². The molecule has 3 atom stereocenters. The van der Waals surface area contributed by atoms with E-state index in [4.69, 9.17) is 5.73 Å². The number of rotatable bonds is 4. The van der Waals surface area contributed by atoms with Crippen molar-refractivity contribution in [2.24, 2.45) is 11.7 Å². The molecule has 2 heteroatoms. The Bertz CT molecular complexity index is 336. The second-order valence-electron chi connectivity index (χ2n) is 5.40. The molecule has 17 heavy (non-hydrogen) atoms. The smallest absolute Gasteiger partial charge is 0.0333 e. The summed E-state index contributed by atoms with van der Waals surface area (Å²) in [7, 11) is 0. The van der Waals surface area contributed by atoms with Crippen molar-refractivity contribution in [2.45, 2.75) is 38.8 Å². The van der Waals surface area contributed by atoms with Gasteiger partial charge >= 0.3 is 0 Å². The molecule has 1 aliphatic heterocycles. The molecule has 0 aliphatic carbocycles. The standard InChI is InChI=1S/C15H24N2/c1-12(11-17-10-6-7-13(17)2)15(16)14-8-4-3-5-9-14/h3-5,8-9,12-13,15H,6-7,10-11,16H2,1-2H3. The first-order valence-corrected chi connectivity index (χ1v) is 6.73. The minimum absolute atomic E-state index is 0.156. The molecule has 2 rings (SSSR count). The van der Waals surface area contributed by atoms with Gasteiger partial charge in [-0.1, -0.05) is 37.3 Å². The maximum absolute atomic E-state index is 6.34. The molecule has 94 valence electrons. The summed E-state index contributed by atoms with van der Waals surface area (Å²) >= 11 is 0. The molecule has 3 unspecified atom stereocenters. The Kier molecular flexibility index (Phi) is 4.19. The van der Waals surface area contributed by atoms with Gasteiger partial charge in [-0.25, -0.2) is 0 Å². The highest BCUT2D eigenvalue weighted by Crippen LogP contribution is 2.24. The zero-order chi connectivity index (χ0) is 12.3. The van der Waals surface area contributed by atoms with Gasteiger partial charge in [0.15, 0.2) is 0 Å². The first-order chi connectivity index (χ1) is 8.18. The van der Waals surface area contributed by atoms with Gasteiger partial charge in [0.1, 0.15) is 0 Å². The van der Waals surface area contributed by atoms with E-state index >= 15 is 0 Å². The molecule has 1 aromatic rings. The topological polar surface area (TPSA) is 29.3 Å². The summed E-state index contributed by atoms with van der Waals surface area (Å²) in [5.74, 6) is 0.512. The van der Waals surface area contributed by atoms with Gasteiger partial charge in [0.2, 0.25) is 0 Å². The molecule has 2 nitrogen and oxygen atoms in total. The zero-order valence-electron chi connectivity index (χ0n) is 11.0. The zero-order valence-corrected chi connectivity index (χ0v) is 11.0. The third kappa shape index (κ3) is 3.08. The lowest BCUT2D eigenvalue weighted by molar-refractivity contribution is 0.217. The van der Waals surface area contributed by atoms with Crippen LogP contribution < -0.4 is 5.73 Å². The van der Waals surface area contributed by atoms with Crippen molar-refractivity contribution in [3.8, 4) is 0 Å². The number of hydrogen-bond donors (Lipinski definition) is 1. The summed E-state index contributed by atoms with van der Waals surface area (Å²) in [6, 6.07) is 11.3. The molecule has 2 N–H and O–H groups in total. The predicted molar refractivity (Wildman–Crippen MR) is 72.8 cm³/mol. The van der Waals surface area contributed by atoms with Crippen LogP contribution in [0.15, 0.2) is 30.3 Å². The van der Waals surface area contributed by atoms with Crippen LogP contribution in [0.25, 0.3) is 0 Å². The Labute approximate surface area is 105 Å². The normalized spacial score (nSPS) is 24.8. The summed E-state index contributed by atoms with van der Waals surface area (Å²) in [6.45, 7) is 6.96. The van der Waals surface area contributed by atoms with Crippen LogP contribution in [-0.4, -0.2) is 24.0 Å². The van der Waals surface area contributed by atoms with E-state index in [1.165, 1.54) is 24.9 Å². The predicted octanol–water partition coefficient (Wildman–Crippen LogP) is 2.81. The monoisotopic (exact) mass is 232 g/mol. The average Bonchev–Trinajstić information content (AvgIpc) is 2.75. The summed E-state index contributed by atoms with van der Waals surface area (Å²) in [4.78, 5) is 2.58. The van der Waals surface area contributed by atoms with Crippen molar-refractivity contribution in [3.05, 3.63) is 35.9 Å². The minimum atomic E-state index is 0.156. The lowest BCUT2D eigenvalue weighted by Gasteiger charge is -2.28. The number of hydrogen-bond acceptors (Lipinski definition) is 2. The Morgan fingerprint density at radius 2 is 2.06 bits per heavy atom. The van der Waals surface area contributed by atoms with E-state index in [0.717, 1.165) is 12.6 Å². The van der Waals surface area contributed by atoms with Gasteiger partial charge in [-0.15, -0.1) is 0 Å². The molecule has 0 aromatic heterocycles. The maximum atomic E-state index is 6.34. The second-order valence-corrected chi connectivity index (χ2v) is 5.40. The molecule has 1 fully saturated rings. The van der Waals surface area contributed by atoms with Gasteiger partial charge in [-0.05, 0) is 37.8 Å². The van der Waals surface area contributed by atoms with Gasteiger partial charge in [0, 0.05) is 18.6 Å². The molecule has 0 saturated carbocycles. The Hall–Kier alpha value is -0.860. The molecule has 0 amide bonds. The van der Waals surface area contributed by atoms with Crippen molar-refractivity contribution in [1.82, 2.24) is 4.90 Å². The van der Waals surface area contributed by atoms with Gasteiger partial charge in [0.25, 0.3) is 0 Å². The van der Waals surface area contributed by atoms with Crippen molar-refractivity contribution in [2.75, 3.05) is 13.1 Å². The first-order valence-electron chi connectivity index (χ1n) is 6.73. The summed E-state index contributed by atoms with van der Waals surface area (Å²) in [5.41, 5.74) is 7.59. The van der Waals surface area contributed by atoms with E-state index in [9.17, 15) is 0 Å². The molecular weight excluding hydrogens is 208 g/mol. The Morgan fingerprint density at radius 1 is 1.35 bits per heavy atom. The second kappa shape index (κ2) is 5.65. The number of nitrogens with zero attached hydrogens (tertiary/aromatic N) is 1. The van der Waals surface area contributed by atoms with Gasteiger partial charge < -0.3 is 10.6 Å². The molecular formula is C15H24N2. The maximum Gasteiger partial charge on any atom is 0.0333 e.